The number of aliphatic imine (C=N–C) groups is 1. The molecule has 0 bridgehead atoms. The molecule has 1 aliphatic heterocycles. The number of hydrogen-bond donors (Lipinski definition) is 2. The Bertz CT molecular complexity index is 566. The van der Waals surface area contributed by atoms with Gasteiger partial charge in [0.05, 0.1) is 11.4 Å². The van der Waals surface area contributed by atoms with Gasteiger partial charge in [-0.3, -0.25) is 15.1 Å². The fraction of sp³-hybridized carbons (Fsp3) is 0.200. The summed E-state index contributed by atoms with van der Waals surface area (Å²) < 4.78 is 24.3. The normalized spacial score (nSPS) is 20.6. The summed E-state index contributed by atoms with van der Waals surface area (Å²) in [6.07, 6.45) is 0. The molecule has 6 nitrogen and oxygen atoms in total. The number of rotatable bonds is 2. The number of sulfone groups is 1. The zero-order valence-electron chi connectivity index (χ0n) is 8.83. The Morgan fingerprint density at radius 3 is 2.53 bits per heavy atom. The van der Waals surface area contributed by atoms with Gasteiger partial charge < -0.3 is 5.73 Å². The first-order valence-electron chi connectivity index (χ1n) is 4.91. The number of carbonyl (C=O) groups excluding carboxylic acids is 1. The molecular weight excluding hydrogens is 242 g/mol. The molecule has 1 unspecified atom stereocenters. The van der Waals surface area contributed by atoms with Gasteiger partial charge in [-0.1, -0.05) is 18.2 Å². The van der Waals surface area contributed by atoms with Gasteiger partial charge in [-0.25, -0.2) is 8.42 Å². The predicted octanol–water partition coefficient (Wildman–Crippen LogP) is -0.727. The molecule has 3 N–H and O–H groups in total. The van der Waals surface area contributed by atoms with Crippen molar-refractivity contribution >= 4 is 21.7 Å². The van der Waals surface area contributed by atoms with E-state index in [4.69, 9.17) is 5.73 Å². The third-order valence-electron chi connectivity index (χ3n) is 2.42. The van der Waals surface area contributed by atoms with Crippen molar-refractivity contribution in [1.29, 1.82) is 0 Å². The van der Waals surface area contributed by atoms with E-state index in [1.54, 1.807) is 18.2 Å². The lowest BCUT2D eigenvalue weighted by Gasteiger charge is -2.19. The highest BCUT2D eigenvalue weighted by molar-refractivity contribution is 7.92. The quantitative estimate of drug-likeness (QED) is 0.725. The average molecular weight is 253 g/mol. The smallest absolute Gasteiger partial charge is 0.247 e. The Labute approximate surface area is 98.5 Å². The number of hydrogen-bond acceptors (Lipinski definition) is 5. The van der Waals surface area contributed by atoms with Crippen LogP contribution in [0.3, 0.4) is 0 Å². The van der Waals surface area contributed by atoms with Crippen LogP contribution >= 0.6 is 0 Å². The van der Waals surface area contributed by atoms with Gasteiger partial charge in [0.15, 0.2) is 21.0 Å². The number of nitrogens with two attached hydrogens (primary N) is 1. The van der Waals surface area contributed by atoms with Crippen molar-refractivity contribution in [2.75, 3.05) is 6.54 Å². The van der Waals surface area contributed by atoms with E-state index in [1.807, 2.05) is 0 Å². The summed E-state index contributed by atoms with van der Waals surface area (Å²) in [5.74, 6) is -0.684. The van der Waals surface area contributed by atoms with E-state index in [0.717, 1.165) is 0 Å². The summed E-state index contributed by atoms with van der Waals surface area (Å²) in [4.78, 5) is 15.4. The minimum absolute atomic E-state index is 0.0467. The minimum atomic E-state index is -3.71. The molecule has 0 aliphatic carbocycles. The van der Waals surface area contributed by atoms with E-state index in [-0.39, 0.29) is 17.4 Å². The monoisotopic (exact) mass is 253 g/mol. The number of carbonyl (C=O) groups is 1. The van der Waals surface area contributed by atoms with E-state index in [2.05, 4.69) is 10.3 Å². The van der Waals surface area contributed by atoms with Crippen LogP contribution < -0.4 is 11.1 Å². The van der Waals surface area contributed by atoms with Crippen LogP contribution in [0, 0.1) is 0 Å². The molecule has 0 fully saturated rings. The third-order valence-corrected chi connectivity index (χ3v) is 4.46. The van der Waals surface area contributed by atoms with E-state index < -0.39 is 21.0 Å². The molecule has 1 atom stereocenters. The van der Waals surface area contributed by atoms with Gasteiger partial charge in [0.1, 0.15) is 0 Å². The number of nitrogens with zero attached hydrogens (tertiary/aromatic N) is 1. The topological polar surface area (TPSA) is 102 Å². The van der Waals surface area contributed by atoms with Gasteiger partial charge in [-0.2, -0.15) is 0 Å². The van der Waals surface area contributed by atoms with Crippen molar-refractivity contribution in [2.24, 2.45) is 10.7 Å². The summed E-state index contributed by atoms with van der Waals surface area (Å²) in [6, 6.07) is 7.81. The van der Waals surface area contributed by atoms with Gasteiger partial charge >= 0.3 is 0 Å². The summed E-state index contributed by atoms with van der Waals surface area (Å²) in [5.41, 5.74) is 5.29. The summed E-state index contributed by atoms with van der Waals surface area (Å²) in [6.45, 7) is -0.144. The Hall–Kier alpha value is -1.89. The maximum Gasteiger partial charge on any atom is 0.247 e. The Morgan fingerprint density at radius 2 is 1.94 bits per heavy atom. The second kappa shape index (κ2) is 4.17. The van der Waals surface area contributed by atoms with E-state index in [1.165, 1.54) is 12.1 Å². The Morgan fingerprint density at radius 1 is 1.29 bits per heavy atom. The second-order valence-electron chi connectivity index (χ2n) is 3.56. The van der Waals surface area contributed by atoms with Crippen LogP contribution in [0.1, 0.15) is 0 Å². The molecule has 0 aromatic heterocycles. The van der Waals surface area contributed by atoms with E-state index >= 15 is 0 Å². The molecule has 7 heteroatoms. The first-order valence-corrected chi connectivity index (χ1v) is 6.46. The van der Waals surface area contributed by atoms with Gasteiger partial charge in [0.2, 0.25) is 5.91 Å². The van der Waals surface area contributed by atoms with Crippen molar-refractivity contribution in [3.8, 4) is 0 Å². The second-order valence-corrected chi connectivity index (χ2v) is 5.69. The third kappa shape index (κ3) is 2.14. The SMILES string of the molecule is NC1=NCC(S(=O)(=O)c2ccccc2)C(=O)N1. The average Bonchev–Trinajstić information content (AvgIpc) is 2.29. The van der Waals surface area contributed by atoms with Crippen LogP contribution in [0.25, 0.3) is 0 Å². The highest BCUT2D eigenvalue weighted by Crippen LogP contribution is 2.17. The summed E-state index contributed by atoms with van der Waals surface area (Å²) >= 11 is 0. The molecule has 2 rings (SSSR count). The largest absolute Gasteiger partial charge is 0.370 e. The van der Waals surface area contributed by atoms with Crippen LogP contribution in [-0.2, 0) is 14.6 Å². The molecule has 0 saturated heterocycles. The van der Waals surface area contributed by atoms with Crippen molar-refractivity contribution in [2.45, 2.75) is 10.1 Å². The summed E-state index contributed by atoms with van der Waals surface area (Å²) in [7, 11) is -3.71. The lowest BCUT2D eigenvalue weighted by molar-refractivity contribution is -0.119. The molecule has 0 radical (unpaired) electrons. The standard InChI is InChI=1S/C10H11N3O3S/c11-10-12-6-8(9(14)13-10)17(15,16)7-4-2-1-3-5-7/h1-5,8H,6H2,(H3,11,12,13,14). The maximum atomic E-state index is 12.1. The van der Waals surface area contributed by atoms with Gasteiger partial charge in [-0.05, 0) is 12.1 Å². The first kappa shape index (κ1) is 11.6. The van der Waals surface area contributed by atoms with E-state index in [0.29, 0.717) is 0 Å². The van der Waals surface area contributed by atoms with Crippen LogP contribution in [-0.4, -0.2) is 32.1 Å². The van der Waals surface area contributed by atoms with Gasteiger partial charge in [-0.15, -0.1) is 0 Å². The minimum Gasteiger partial charge on any atom is -0.370 e. The van der Waals surface area contributed by atoms with Crippen molar-refractivity contribution in [3.63, 3.8) is 0 Å². The lowest BCUT2D eigenvalue weighted by atomic mass is 10.3. The van der Waals surface area contributed by atoms with Crippen molar-refractivity contribution in [1.82, 2.24) is 5.32 Å². The predicted molar refractivity (Wildman–Crippen MR) is 62.0 cm³/mol. The van der Waals surface area contributed by atoms with Crippen LogP contribution in [0.5, 0.6) is 0 Å². The van der Waals surface area contributed by atoms with Gasteiger partial charge in [0.25, 0.3) is 0 Å². The molecule has 1 heterocycles. The molecule has 0 saturated carbocycles. The van der Waals surface area contributed by atoms with Crippen LogP contribution in [0.4, 0.5) is 0 Å². The van der Waals surface area contributed by atoms with Crippen LogP contribution in [0.15, 0.2) is 40.2 Å². The van der Waals surface area contributed by atoms with Crippen LogP contribution in [0.2, 0.25) is 0 Å². The fourth-order valence-corrected chi connectivity index (χ4v) is 3.00. The lowest BCUT2D eigenvalue weighted by Crippen LogP contribution is -2.51. The Balaban J connectivity index is 2.38. The maximum absolute atomic E-state index is 12.1. The highest BCUT2D eigenvalue weighted by Gasteiger charge is 2.36. The van der Waals surface area contributed by atoms with Crippen molar-refractivity contribution in [3.05, 3.63) is 30.3 Å². The molecule has 1 aromatic rings. The number of nitrogens with one attached hydrogen (secondary N) is 1. The molecule has 17 heavy (non-hydrogen) atoms. The zero-order valence-corrected chi connectivity index (χ0v) is 9.65. The fourth-order valence-electron chi connectivity index (χ4n) is 1.52. The van der Waals surface area contributed by atoms with Crippen molar-refractivity contribution < 1.29 is 13.2 Å². The first-order chi connectivity index (χ1) is 8.01. The zero-order chi connectivity index (χ0) is 12.5. The van der Waals surface area contributed by atoms with E-state index in [9.17, 15) is 13.2 Å². The van der Waals surface area contributed by atoms with Gasteiger partial charge in [0, 0.05) is 0 Å². The number of amides is 1. The molecule has 1 amide bonds. The molecule has 0 spiro atoms. The number of guanidine groups is 1. The Kier molecular flexibility index (Phi) is 2.84. The molecule has 90 valence electrons. The molecule has 1 aliphatic rings. The molecule has 1 aromatic carbocycles. The summed E-state index contributed by atoms with van der Waals surface area (Å²) in [5, 5.41) is 1.00. The number of benzene rings is 1. The molecular formula is C10H11N3O3S. The highest BCUT2D eigenvalue weighted by atomic mass is 32.2.